The lowest BCUT2D eigenvalue weighted by molar-refractivity contribution is 0.795. The van der Waals surface area contributed by atoms with E-state index in [1.807, 2.05) is 0 Å². The Bertz CT molecular complexity index is 205. The van der Waals surface area contributed by atoms with E-state index >= 15 is 0 Å². The van der Waals surface area contributed by atoms with Gasteiger partial charge in [0.2, 0.25) is 0 Å². The van der Waals surface area contributed by atoms with Crippen LogP contribution in [-0.4, -0.2) is 28.2 Å². The van der Waals surface area contributed by atoms with Crippen molar-refractivity contribution < 1.29 is 0 Å². The third-order valence-corrected chi connectivity index (χ3v) is 9.77. The van der Waals surface area contributed by atoms with E-state index < -0.39 is 8.07 Å². The van der Waals surface area contributed by atoms with Gasteiger partial charge < -0.3 is 0 Å². The summed E-state index contributed by atoms with van der Waals surface area (Å²) in [5, 5.41) is 0. The average molecular weight is 279 g/mol. The molecular formula is C13H30S2Si. The molecule has 0 aliphatic carbocycles. The molecule has 0 aliphatic heterocycles. The fourth-order valence-corrected chi connectivity index (χ4v) is 7.92. The first-order valence-corrected chi connectivity index (χ1v) is 11.6. The molecule has 0 rings (SSSR count). The molecule has 0 aliphatic rings. The van der Waals surface area contributed by atoms with Crippen LogP contribution >= 0.6 is 23.5 Å². The third kappa shape index (κ3) is 9.00. The first kappa shape index (κ1) is 16.9. The van der Waals surface area contributed by atoms with Crippen LogP contribution in [0.1, 0.15) is 41.5 Å². The van der Waals surface area contributed by atoms with Gasteiger partial charge in [0.1, 0.15) is 0 Å². The largest absolute Gasteiger partial charge is 0.155 e. The van der Waals surface area contributed by atoms with Gasteiger partial charge >= 0.3 is 0 Å². The van der Waals surface area contributed by atoms with Gasteiger partial charge in [0.05, 0.1) is 8.07 Å². The number of hydrogen-bond donors (Lipinski definition) is 0. The molecule has 98 valence electrons. The lowest BCUT2D eigenvalue weighted by atomic mass is 10.3. The van der Waals surface area contributed by atoms with Crippen molar-refractivity contribution in [1.29, 1.82) is 0 Å². The molecule has 0 spiro atoms. The number of rotatable bonds is 4. The second-order valence-electron chi connectivity index (χ2n) is 7.51. The van der Waals surface area contributed by atoms with Gasteiger partial charge in [0.25, 0.3) is 0 Å². The maximum Gasteiger partial charge on any atom is 0.0598 e. The summed E-state index contributed by atoms with van der Waals surface area (Å²) >= 11 is 4.31. The fraction of sp³-hybridized carbons (Fsp3) is 1.00. The zero-order valence-corrected chi connectivity index (χ0v) is 15.2. The van der Waals surface area contributed by atoms with Crippen LogP contribution in [0.4, 0.5) is 0 Å². The SMILES string of the molecule is CC(C)(C)SCC(SC(C)(C)C)[Si](C)(C)C. The molecule has 0 amide bonds. The zero-order chi connectivity index (χ0) is 13.2. The van der Waals surface area contributed by atoms with Crippen LogP contribution in [-0.2, 0) is 0 Å². The standard InChI is InChI=1S/C13H30S2Si/c1-12(2,3)14-10-11(16(7,8)9)15-13(4,5)6/h11H,10H2,1-9H3. The summed E-state index contributed by atoms with van der Waals surface area (Å²) in [5.41, 5.74) is 0. The summed E-state index contributed by atoms with van der Waals surface area (Å²) in [6.45, 7) is 21.5. The van der Waals surface area contributed by atoms with E-state index in [2.05, 4.69) is 84.7 Å². The van der Waals surface area contributed by atoms with Gasteiger partial charge in [-0.1, -0.05) is 61.2 Å². The van der Waals surface area contributed by atoms with Crippen molar-refractivity contribution in [2.75, 3.05) is 5.75 Å². The van der Waals surface area contributed by atoms with Crippen LogP contribution in [0.3, 0.4) is 0 Å². The molecule has 0 aromatic rings. The van der Waals surface area contributed by atoms with Gasteiger partial charge in [0, 0.05) is 20.1 Å². The van der Waals surface area contributed by atoms with Crippen molar-refractivity contribution in [2.45, 2.75) is 75.6 Å². The minimum atomic E-state index is -1.05. The number of hydrogen-bond acceptors (Lipinski definition) is 2. The molecule has 1 unspecified atom stereocenters. The Kier molecular flexibility index (Phi) is 6.03. The highest BCUT2D eigenvalue weighted by atomic mass is 32.2. The minimum absolute atomic E-state index is 0.392. The highest BCUT2D eigenvalue weighted by Crippen LogP contribution is 2.37. The quantitative estimate of drug-likeness (QED) is 0.640. The molecule has 0 N–H and O–H groups in total. The zero-order valence-electron chi connectivity index (χ0n) is 12.6. The van der Waals surface area contributed by atoms with E-state index in [1.165, 1.54) is 5.75 Å². The molecule has 3 heteroatoms. The Morgan fingerprint density at radius 3 is 1.56 bits per heavy atom. The fourth-order valence-electron chi connectivity index (χ4n) is 1.21. The first-order chi connectivity index (χ1) is 6.81. The second-order valence-corrected chi connectivity index (χ2v) is 17.2. The minimum Gasteiger partial charge on any atom is -0.155 e. The third-order valence-electron chi connectivity index (χ3n) is 2.13. The normalized spacial score (nSPS) is 16.3. The highest BCUT2D eigenvalue weighted by Gasteiger charge is 2.32. The molecule has 0 heterocycles. The van der Waals surface area contributed by atoms with Crippen LogP contribution in [0, 0.1) is 0 Å². The van der Waals surface area contributed by atoms with Gasteiger partial charge in [-0.15, -0.1) is 0 Å². The Labute approximate surface area is 113 Å². The van der Waals surface area contributed by atoms with E-state index in [-0.39, 0.29) is 0 Å². The lowest BCUT2D eigenvalue weighted by Gasteiger charge is -2.35. The van der Waals surface area contributed by atoms with Crippen molar-refractivity contribution in [2.24, 2.45) is 0 Å². The van der Waals surface area contributed by atoms with Crippen LogP contribution in [0.15, 0.2) is 0 Å². The maximum atomic E-state index is 2.50. The molecule has 0 aromatic heterocycles. The molecule has 0 saturated carbocycles. The molecule has 0 nitrogen and oxygen atoms in total. The molecule has 0 radical (unpaired) electrons. The van der Waals surface area contributed by atoms with E-state index in [0.29, 0.717) is 9.49 Å². The topological polar surface area (TPSA) is 0 Å². The van der Waals surface area contributed by atoms with Crippen molar-refractivity contribution in [3.8, 4) is 0 Å². The summed E-state index contributed by atoms with van der Waals surface area (Å²) in [6, 6.07) is 0. The van der Waals surface area contributed by atoms with E-state index in [4.69, 9.17) is 0 Å². The van der Waals surface area contributed by atoms with Gasteiger partial charge in [-0.25, -0.2) is 0 Å². The van der Waals surface area contributed by atoms with Crippen LogP contribution in [0.5, 0.6) is 0 Å². The first-order valence-electron chi connectivity index (χ1n) is 6.13. The second kappa shape index (κ2) is 5.70. The Morgan fingerprint density at radius 1 is 0.875 bits per heavy atom. The van der Waals surface area contributed by atoms with Crippen LogP contribution in [0.25, 0.3) is 0 Å². The van der Waals surface area contributed by atoms with Gasteiger partial charge in [0.15, 0.2) is 0 Å². The Morgan fingerprint density at radius 2 is 1.31 bits per heavy atom. The average Bonchev–Trinajstić information content (AvgIpc) is 1.91. The predicted molar refractivity (Wildman–Crippen MR) is 86.7 cm³/mol. The summed E-state index contributed by atoms with van der Waals surface area (Å²) < 4.78 is 0.791. The molecule has 1 atom stereocenters. The molecule has 0 bridgehead atoms. The van der Waals surface area contributed by atoms with Gasteiger partial charge in [-0.05, 0) is 0 Å². The summed E-state index contributed by atoms with van der Waals surface area (Å²) in [5.74, 6) is 1.31. The molecular weight excluding hydrogens is 248 g/mol. The monoisotopic (exact) mass is 278 g/mol. The number of thioether (sulfide) groups is 2. The lowest BCUT2D eigenvalue weighted by Crippen LogP contribution is -2.40. The molecule has 0 aromatic carbocycles. The summed E-state index contributed by atoms with van der Waals surface area (Å²) in [4.78, 5) is 0.858. The van der Waals surface area contributed by atoms with E-state index in [0.717, 1.165) is 4.87 Å². The summed E-state index contributed by atoms with van der Waals surface area (Å²) in [6.07, 6.45) is 0. The van der Waals surface area contributed by atoms with Crippen LogP contribution < -0.4 is 0 Å². The van der Waals surface area contributed by atoms with Crippen molar-refractivity contribution in [1.82, 2.24) is 0 Å². The Balaban J connectivity index is 4.47. The maximum absolute atomic E-state index is 2.50. The smallest absolute Gasteiger partial charge is 0.0598 e. The molecule has 0 saturated heterocycles. The van der Waals surface area contributed by atoms with Gasteiger partial charge in [-0.3, -0.25) is 0 Å². The van der Waals surface area contributed by atoms with Crippen molar-refractivity contribution in [3.63, 3.8) is 0 Å². The molecule has 0 fully saturated rings. The van der Waals surface area contributed by atoms with E-state index in [9.17, 15) is 0 Å². The van der Waals surface area contributed by atoms with Crippen LogP contribution in [0.2, 0.25) is 19.6 Å². The summed E-state index contributed by atoms with van der Waals surface area (Å²) in [7, 11) is -1.05. The van der Waals surface area contributed by atoms with Crippen molar-refractivity contribution in [3.05, 3.63) is 0 Å². The van der Waals surface area contributed by atoms with E-state index in [1.54, 1.807) is 0 Å². The van der Waals surface area contributed by atoms with Gasteiger partial charge in [-0.2, -0.15) is 23.5 Å². The predicted octanol–water partition coefficient (Wildman–Crippen LogP) is 5.30. The molecule has 16 heavy (non-hydrogen) atoms. The highest BCUT2D eigenvalue weighted by molar-refractivity contribution is 8.05. The van der Waals surface area contributed by atoms with Crippen molar-refractivity contribution >= 4 is 31.6 Å². The Hall–Kier alpha value is 0.917.